The number of aryl methyl sites for hydroxylation is 1. The normalized spacial score (nSPS) is 11.8. The maximum Gasteiger partial charge on any atom is 0.248 e. The van der Waals surface area contributed by atoms with Gasteiger partial charge in [-0.2, -0.15) is 0 Å². The summed E-state index contributed by atoms with van der Waals surface area (Å²) in [7, 11) is 0. The Morgan fingerprint density at radius 2 is 1.32 bits per heavy atom. The number of allylic oxidation sites excluding steroid dienone is 2. The molecule has 4 nitrogen and oxygen atoms in total. The highest BCUT2D eigenvalue weighted by Gasteiger charge is 2.16. The predicted molar refractivity (Wildman–Crippen MR) is 128 cm³/mol. The van der Waals surface area contributed by atoms with Gasteiger partial charge in [-0.3, -0.25) is 0 Å². The van der Waals surface area contributed by atoms with Crippen LogP contribution in [-0.2, 0) is 0 Å². The van der Waals surface area contributed by atoms with Gasteiger partial charge in [-0.05, 0) is 94.3 Å². The van der Waals surface area contributed by atoms with E-state index < -0.39 is 0 Å². The van der Waals surface area contributed by atoms with Crippen molar-refractivity contribution in [1.29, 1.82) is 0 Å². The van der Waals surface area contributed by atoms with E-state index in [1.54, 1.807) is 0 Å². The van der Waals surface area contributed by atoms with Crippen molar-refractivity contribution in [3.63, 3.8) is 0 Å². The summed E-state index contributed by atoms with van der Waals surface area (Å²) in [6.07, 6.45) is 8.49. The molecule has 156 valence electrons. The number of hydrogen-bond acceptors (Lipinski definition) is 3. The van der Waals surface area contributed by atoms with Gasteiger partial charge in [0.05, 0.1) is 0 Å². The Kier molecular flexibility index (Phi) is 5.72. The summed E-state index contributed by atoms with van der Waals surface area (Å²) in [5, 5.41) is 8.50. The fourth-order valence-corrected chi connectivity index (χ4v) is 3.83. The number of benzene rings is 2. The lowest BCUT2D eigenvalue weighted by Gasteiger charge is -2.11. The van der Waals surface area contributed by atoms with Crippen LogP contribution in [0.2, 0.25) is 0 Å². The topological polar surface area (TPSA) is 43.9 Å². The first-order valence-corrected chi connectivity index (χ1v) is 10.5. The molecule has 31 heavy (non-hydrogen) atoms. The maximum absolute atomic E-state index is 5.95. The smallest absolute Gasteiger partial charge is 0.248 e. The molecule has 0 aliphatic heterocycles. The summed E-state index contributed by atoms with van der Waals surface area (Å²) in [5.41, 5.74) is 9.05. The van der Waals surface area contributed by atoms with Gasteiger partial charge >= 0.3 is 0 Å². The van der Waals surface area contributed by atoms with Crippen LogP contribution in [0.3, 0.4) is 0 Å². The van der Waals surface area contributed by atoms with Crippen LogP contribution in [-0.4, -0.2) is 14.8 Å². The van der Waals surface area contributed by atoms with Gasteiger partial charge in [-0.25, -0.2) is 0 Å². The van der Waals surface area contributed by atoms with Crippen LogP contribution in [0, 0.1) is 20.8 Å². The molecule has 4 rings (SSSR count). The second-order valence-corrected chi connectivity index (χ2v) is 7.68. The molecule has 0 aliphatic carbocycles. The third kappa shape index (κ3) is 3.89. The Morgan fingerprint density at radius 3 is 1.87 bits per heavy atom. The van der Waals surface area contributed by atoms with Crippen molar-refractivity contribution < 1.29 is 4.42 Å². The summed E-state index contributed by atoms with van der Waals surface area (Å²) in [4.78, 5) is 0. The van der Waals surface area contributed by atoms with Gasteiger partial charge in [-0.15, -0.1) is 10.2 Å². The summed E-state index contributed by atoms with van der Waals surface area (Å²) >= 11 is 0. The second kappa shape index (κ2) is 8.60. The third-order valence-corrected chi connectivity index (χ3v) is 5.52. The Labute approximate surface area is 183 Å². The molecule has 0 amide bonds. The van der Waals surface area contributed by atoms with E-state index in [1.165, 1.54) is 22.5 Å². The molecule has 2 heterocycles. The molecule has 2 aromatic carbocycles. The Morgan fingerprint density at radius 1 is 0.742 bits per heavy atom. The average Bonchev–Trinajstić information content (AvgIpc) is 3.35. The number of nitrogens with zero attached hydrogens (tertiary/aromatic N) is 3. The quantitative estimate of drug-likeness (QED) is 0.350. The molecule has 0 N–H and O–H groups in total. The lowest BCUT2D eigenvalue weighted by atomic mass is 10.1. The second-order valence-electron chi connectivity index (χ2n) is 7.68. The van der Waals surface area contributed by atoms with Crippen molar-refractivity contribution in [2.24, 2.45) is 0 Å². The highest BCUT2D eigenvalue weighted by molar-refractivity contribution is 5.67. The van der Waals surface area contributed by atoms with Crippen LogP contribution in [0.5, 0.6) is 0 Å². The van der Waals surface area contributed by atoms with Crippen LogP contribution < -0.4 is 0 Å². The van der Waals surface area contributed by atoms with Gasteiger partial charge in [-0.1, -0.05) is 29.8 Å². The van der Waals surface area contributed by atoms with Crippen LogP contribution in [0.1, 0.15) is 41.9 Å². The zero-order valence-corrected chi connectivity index (χ0v) is 18.7. The predicted octanol–water partition coefficient (Wildman–Crippen LogP) is 7.19. The minimum atomic E-state index is 0.519. The fourth-order valence-electron chi connectivity index (χ4n) is 3.83. The zero-order valence-electron chi connectivity index (χ0n) is 18.7. The molecule has 0 spiro atoms. The van der Waals surface area contributed by atoms with Gasteiger partial charge < -0.3 is 8.98 Å². The van der Waals surface area contributed by atoms with Gasteiger partial charge in [0, 0.05) is 28.2 Å². The van der Waals surface area contributed by atoms with E-state index in [0.717, 1.165) is 22.4 Å². The third-order valence-electron chi connectivity index (χ3n) is 5.52. The molecular formula is C27H27N3O. The first kappa shape index (κ1) is 20.6. The molecular weight excluding hydrogens is 382 g/mol. The number of hydrogen-bond donors (Lipinski definition) is 0. The molecule has 0 aliphatic rings. The van der Waals surface area contributed by atoms with Crippen molar-refractivity contribution in [1.82, 2.24) is 14.8 Å². The summed E-state index contributed by atoms with van der Waals surface area (Å²) in [5.74, 6) is 1.05. The lowest BCUT2D eigenvalue weighted by molar-refractivity contribution is 0.584. The lowest BCUT2D eigenvalue weighted by Crippen LogP contribution is -1.99. The number of aromatic nitrogens is 3. The van der Waals surface area contributed by atoms with E-state index in [-0.39, 0.29) is 0 Å². The van der Waals surface area contributed by atoms with Gasteiger partial charge in [0.2, 0.25) is 11.8 Å². The van der Waals surface area contributed by atoms with Crippen LogP contribution in [0.15, 0.2) is 65.1 Å². The molecule has 4 heteroatoms. The maximum atomic E-state index is 5.95. The molecule has 0 saturated carbocycles. The average molecular weight is 410 g/mol. The Hall–Kier alpha value is -3.66. The minimum Gasteiger partial charge on any atom is -0.416 e. The summed E-state index contributed by atoms with van der Waals surface area (Å²) in [6.45, 7) is 10.5. The van der Waals surface area contributed by atoms with Crippen molar-refractivity contribution >= 4 is 12.2 Å². The first-order valence-electron chi connectivity index (χ1n) is 10.5. The molecule has 0 atom stereocenters. The van der Waals surface area contributed by atoms with Gasteiger partial charge in [0.25, 0.3) is 0 Å². The van der Waals surface area contributed by atoms with Crippen molar-refractivity contribution in [3.05, 3.63) is 88.8 Å². The molecule has 0 radical (unpaired) electrons. The van der Waals surface area contributed by atoms with Crippen molar-refractivity contribution in [2.75, 3.05) is 0 Å². The molecule has 4 aromatic rings. The minimum absolute atomic E-state index is 0.519. The SMILES string of the molecule is CC=Cc1c(C)c(C)c(C=CC)n1-c1ccc(-c2nnc(-c3cccc(C)c3)o2)cc1. The van der Waals surface area contributed by atoms with E-state index in [2.05, 4.69) is 65.0 Å². The largest absolute Gasteiger partial charge is 0.416 e. The fraction of sp³-hybridized carbons (Fsp3) is 0.185. The van der Waals surface area contributed by atoms with E-state index in [0.29, 0.717) is 11.8 Å². The van der Waals surface area contributed by atoms with Crippen LogP contribution >= 0.6 is 0 Å². The molecule has 0 bridgehead atoms. The van der Waals surface area contributed by atoms with Crippen molar-refractivity contribution in [3.8, 4) is 28.6 Å². The molecule has 0 unspecified atom stereocenters. The Bertz CT molecular complexity index is 1240. The number of rotatable bonds is 5. The van der Waals surface area contributed by atoms with Gasteiger partial charge in [0.1, 0.15) is 0 Å². The van der Waals surface area contributed by atoms with E-state index >= 15 is 0 Å². The van der Waals surface area contributed by atoms with E-state index in [4.69, 9.17) is 4.42 Å². The summed E-state index contributed by atoms with van der Waals surface area (Å²) in [6, 6.07) is 16.3. The van der Waals surface area contributed by atoms with E-state index in [1.807, 2.05) is 57.2 Å². The highest BCUT2D eigenvalue weighted by Crippen LogP contribution is 2.30. The molecule has 0 fully saturated rings. The molecule has 2 aromatic heterocycles. The van der Waals surface area contributed by atoms with Crippen molar-refractivity contribution in [2.45, 2.75) is 34.6 Å². The Balaban J connectivity index is 1.73. The van der Waals surface area contributed by atoms with Crippen LogP contribution in [0.4, 0.5) is 0 Å². The van der Waals surface area contributed by atoms with Crippen LogP contribution in [0.25, 0.3) is 40.7 Å². The first-order chi connectivity index (χ1) is 15.0. The molecule has 0 saturated heterocycles. The van der Waals surface area contributed by atoms with E-state index in [9.17, 15) is 0 Å². The standard InChI is InChI=1S/C27H27N3O/c1-6-9-24-19(4)20(5)25(10-7-2)30(24)23-15-13-21(14-16-23)26-28-29-27(31-26)22-12-8-11-18(3)17-22/h6-17H,1-5H3. The summed E-state index contributed by atoms with van der Waals surface area (Å²) < 4.78 is 8.24. The zero-order chi connectivity index (χ0) is 22.0. The van der Waals surface area contributed by atoms with Gasteiger partial charge in [0.15, 0.2) is 0 Å². The highest BCUT2D eigenvalue weighted by atomic mass is 16.4. The monoisotopic (exact) mass is 409 g/mol.